The molecule has 0 saturated carbocycles. The highest BCUT2D eigenvalue weighted by atomic mass is 16.4. The molecule has 0 aromatic rings. The fourth-order valence-corrected chi connectivity index (χ4v) is 0.899. The molecule has 1 aliphatic rings. The van der Waals surface area contributed by atoms with Crippen molar-refractivity contribution in [1.29, 1.82) is 0 Å². The van der Waals surface area contributed by atoms with Crippen LogP contribution in [0.1, 0.15) is 0 Å². The average Bonchev–Trinajstić information content (AvgIpc) is 2.05. The number of piperazine rings is 1. The number of hydrogen-bond acceptors (Lipinski definition) is 3. The van der Waals surface area contributed by atoms with Crippen molar-refractivity contribution in [3.05, 3.63) is 5.70 Å². The molecule has 0 bridgehead atoms. The molecule has 2 N–H and O–H groups in total. The zero-order chi connectivity index (χ0) is 8.27. The first-order chi connectivity index (χ1) is 5.24. The lowest BCUT2D eigenvalue weighted by molar-refractivity contribution is 0.144. The molecule has 0 aromatic carbocycles. The highest BCUT2D eigenvalue weighted by Gasteiger charge is 2.17. The van der Waals surface area contributed by atoms with Gasteiger partial charge in [0.2, 0.25) is 0 Å². The number of carbonyl (C=O) groups is 1. The van der Waals surface area contributed by atoms with Gasteiger partial charge in [-0.25, -0.2) is 9.59 Å². The van der Waals surface area contributed by atoms with Crippen LogP contribution >= 0.6 is 0 Å². The van der Waals surface area contributed by atoms with Gasteiger partial charge in [-0.05, 0) is 0 Å². The van der Waals surface area contributed by atoms with Crippen LogP contribution in [0.15, 0.2) is 5.70 Å². The number of rotatable bonds is 0. The summed E-state index contributed by atoms with van der Waals surface area (Å²) in [5.41, 5.74) is 0.304. The molecule has 1 saturated heterocycles. The summed E-state index contributed by atoms with van der Waals surface area (Å²) in [7, 11) is 0. The average molecular weight is 156 g/mol. The Morgan fingerprint density at radius 3 is 3.00 bits per heavy atom. The van der Waals surface area contributed by atoms with E-state index in [1.54, 1.807) is 5.94 Å². The van der Waals surface area contributed by atoms with Gasteiger partial charge in [-0.15, -0.1) is 0 Å². The van der Waals surface area contributed by atoms with E-state index in [-0.39, 0.29) is 6.54 Å². The molecule has 60 valence electrons. The van der Waals surface area contributed by atoms with Crippen LogP contribution in [-0.2, 0) is 4.79 Å². The maximum atomic E-state index is 10.4. The maximum Gasteiger partial charge on any atom is 0.407 e. The smallest absolute Gasteiger partial charge is 0.407 e. The lowest BCUT2D eigenvalue weighted by Crippen LogP contribution is -2.44. The topological polar surface area (TPSA) is 69.6 Å². The van der Waals surface area contributed by atoms with Crippen LogP contribution in [-0.4, -0.2) is 41.7 Å². The van der Waals surface area contributed by atoms with Gasteiger partial charge in [0.05, 0.1) is 6.54 Å². The first-order valence-corrected chi connectivity index (χ1v) is 3.20. The first kappa shape index (κ1) is 7.63. The fourth-order valence-electron chi connectivity index (χ4n) is 0.899. The Kier molecular flexibility index (Phi) is 2.13. The van der Waals surface area contributed by atoms with Crippen molar-refractivity contribution in [2.75, 3.05) is 19.6 Å². The minimum Gasteiger partial charge on any atom is -0.465 e. The summed E-state index contributed by atoms with van der Waals surface area (Å²) in [4.78, 5) is 21.6. The number of hydrogen-bond donors (Lipinski definition) is 2. The lowest BCUT2D eigenvalue weighted by atomic mass is 10.3. The van der Waals surface area contributed by atoms with Crippen LogP contribution < -0.4 is 5.32 Å². The summed E-state index contributed by atoms with van der Waals surface area (Å²) in [5, 5.41) is 11.2. The van der Waals surface area contributed by atoms with Crippen LogP contribution in [0.2, 0.25) is 0 Å². The second-order valence-corrected chi connectivity index (χ2v) is 2.21. The largest absolute Gasteiger partial charge is 0.465 e. The standard InChI is InChI=1S/C6H8N2O3/c9-4-5-3-8(6(10)11)2-1-7-5/h7H,1-3H2,(H,10,11). The molecule has 0 atom stereocenters. The highest BCUT2D eigenvalue weighted by Crippen LogP contribution is 1.98. The summed E-state index contributed by atoms with van der Waals surface area (Å²) in [6, 6.07) is 0. The number of nitrogens with zero attached hydrogens (tertiary/aromatic N) is 1. The first-order valence-electron chi connectivity index (χ1n) is 3.20. The third-order valence-electron chi connectivity index (χ3n) is 1.46. The molecule has 5 heteroatoms. The summed E-state index contributed by atoms with van der Waals surface area (Å²) >= 11 is 0. The summed E-state index contributed by atoms with van der Waals surface area (Å²) in [6.07, 6.45) is -1.00. The van der Waals surface area contributed by atoms with Crippen LogP contribution in [0.3, 0.4) is 0 Å². The number of nitrogens with one attached hydrogen (secondary N) is 1. The van der Waals surface area contributed by atoms with Gasteiger partial charge in [0, 0.05) is 13.1 Å². The van der Waals surface area contributed by atoms with E-state index in [4.69, 9.17) is 5.11 Å². The Bertz CT molecular complexity index is 220. The Morgan fingerprint density at radius 2 is 2.45 bits per heavy atom. The predicted octanol–water partition coefficient (Wildman–Crippen LogP) is -0.715. The summed E-state index contributed by atoms with van der Waals surface area (Å²) in [5.74, 6) is 1.64. The number of amides is 1. The SMILES string of the molecule is O=C=C1CN(C(=O)O)CCN1. The second kappa shape index (κ2) is 3.07. The lowest BCUT2D eigenvalue weighted by Gasteiger charge is -2.25. The van der Waals surface area contributed by atoms with Gasteiger partial charge in [-0.2, -0.15) is 0 Å². The normalized spacial score (nSPS) is 17.1. The van der Waals surface area contributed by atoms with E-state index in [1.807, 2.05) is 0 Å². The molecular weight excluding hydrogens is 148 g/mol. The summed E-state index contributed by atoms with van der Waals surface area (Å²) < 4.78 is 0. The molecule has 1 fully saturated rings. The van der Waals surface area contributed by atoms with E-state index in [1.165, 1.54) is 0 Å². The monoisotopic (exact) mass is 156 g/mol. The molecule has 0 unspecified atom stereocenters. The number of carboxylic acid groups (broad SMARTS) is 1. The zero-order valence-electron chi connectivity index (χ0n) is 5.83. The Balaban J connectivity index is 2.60. The molecule has 0 spiro atoms. The molecule has 0 aliphatic carbocycles. The van der Waals surface area contributed by atoms with Crippen molar-refractivity contribution >= 4 is 12.0 Å². The molecule has 1 aliphatic heterocycles. The summed E-state index contributed by atoms with van der Waals surface area (Å²) in [6.45, 7) is 1.02. The second-order valence-electron chi connectivity index (χ2n) is 2.21. The van der Waals surface area contributed by atoms with Gasteiger partial charge in [0.1, 0.15) is 11.6 Å². The van der Waals surface area contributed by atoms with Gasteiger partial charge in [-0.1, -0.05) is 0 Å². The van der Waals surface area contributed by atoms with Gasteiger partial charge in [-0.3, -0.25) is 0 Å². The Hall–Kier alpha value is -1.48. The molecule has 1 amide bonds. The van der Waals surface area contributed by atoms with Crippen LogP contribution in [0.4, 0.5) is 4.79 Å². The van der Waals surface area contributed by atoms with Crippen molar-refractivity contribution in [2.24, 2.45) is 0 Å². The maximum absolute atomic E-state index is 10.4. The van der Waals surface area contributed by atoms with Gasteiger partial charge in [0.15, 0.2) is 0 Å². The van der Waals surface area contributed by atoms with Gasteiger partial charge in [0.25, 0.3) is 0 Å². The Labute approximate surface area is 63.3 Å². The minimum atomic E-state index is -1.00. The quantitative estimate of drug-likeness (QED) is 0.454. The van der Waals surface area contributed by atoms with Crippen molar-refractivity contribution in [2.45, 2.75) is 0 Å². The van der Waals surface area contributed by atoms with E-state index in [9.17, 15) is 9.59 Å². The van der Waals surface area contributed by atoms with Crippen LogP contribution in [0.5, 0.6) is 0 Å². The van der Waals surface area contributed by atoms with Crippen LogP contribution in [0.25, 0.3) is 0 Å². The van der Waals surface area contributed by atoms with Gasteiger partial charge >= 0.3 is 6.09 Å². The van der Waals surface area contributed by atoms with Crippen molar-refractivity contribution in [3.63, 3.8) is 0 Å². The molecular formula is C6H8N2O3. The third-order valence-corrected chi connectivity index (χ3v) is 1.46. The Morgan fingerprint density at radius 1 is 1.73 bits per heavy atom. The molecule has 0 aromatic heterocycles. The van der Waals surface area contributed by atoms with Gasteiger partial charge < -0.3 is 15.3 Å². The number of carbonyl (C=O) groups excluding carboxylic acids is 1. The molecule has 0 radical (unpaired) electrons. The predicted molar refractivity (Wildman–Crippen MR) is 36.8 cm³/mol. The van der Waals surface area contributed by atoms with Crippen molar-refractivity contribution in [3.8, 4) is 0 Å². The van der Waals surface area contributed by atoms with E-state index in [0.29, 0.717) is 18.8 Å². The fraction of sp³-hybridized carbons (Fsp3) is 0.500. The van der Waals surface area contributed by atoms with E-state index >= 15 is 0 Å². The van der Waals surface area contributed by atoms with E-state index in [2.05, 4.69) is 5.32 Å². The van der Waals surface area contributed by atoms with Crippen molar-refractivity contribution < 1.29 is 14.7 Å². The van der Waals surface area contributed by atoms with Crippen LogP contribution in [0, 0.1) is 0 Å². The minimum absolute atomic E-state index is 0.124. The zero-order valence-corrected chi connectivity index (χ0v) is 5.83. The molecule has 1 heterocycles. The van der Waals surface area contributed by atoms with E-state index < -0.39 is 6.09 Å². The van der Waals surface area contributed by atoms with E-state index in [0.717, 1.165) is 4.90 Å². The molecule has 5 nitrogen and oxygen atoms in total. The molecule has 1 rings (SSSR count). The van der Waals surface area contributed by atoms with Crippen molar-refractivity contribution in [1.82, 2.24) is 10.2 Å². The highest BCUT2D eigenvalue weighted by molar-refractivity contribution is 5.67. The molecule has 11 heavy (non-hydrogen) atoms. The third kappa shape index (κ3) is 1.72.